The molecule has 0 saturated carbocycles. The van der Waals surface area contributed by atoms with Gasteiger partial charge in [-0.15, -0.1) is 0 Å². The van der Waals surface area contributed by atoms with Crippen LogP contribution in [0.25, 0.3) is 11.0 Å². The molecule has 142 valence electrons. The van der Waals surface area contributed by atoms with Gasteiger partial charge < -0.3 is 24.6 Å². The summed E-state index contributed by atoms with van der Waals surface area (Å²) in [5.74, 6) is 0. The number of aryl methyl sites for hydroxylation is 1. The summed E-state index contributed by atoms with van der Waals surface area (Å²) >= 11 is 0. The van der Waals surface area contributed by atoms with Gasteiger partial charge in [0, 0.05) is 43.1 Å². The summed E-state index contributed by atoms with van der Waals surface area (Å²) in [6, 6.07) is 8.80. The van der Waals surface area contributed by atoms with Crippen molar-refractivity contribution in [1.82, 2.24) is 4.58 Å². The molecule has 26 heavy (non-hydrogen) atoms. The number of hydrogen-bond donors (Lipinski definition) is 0. The lowest BCUT2D eigenvalue weighted by molar-refractivity contribution is -0.402. The first-order valence-corrected chi connectivity index (χ1v) is 9.15. The van der Waals surface area contributed by atoms with E-state index in [4.69, 9.17) is 19.7 Å². The van der Waals surface area contributed by atoms with Gasteiger partial charge in [0.05, 0.1) is 11.2 Å². The highest BCUT2D eigenvalue weighted by Gasteiger charge is 2.15. The smallest absolute Gasteiger partial charge is 0.368 e. The Morgan fingerprint density at radius 3 is 2.31 bits per heavy atom. The molecule has 0 N–H and O–H groups in total. The highest BCUT2D eigenvalue weighted by molar-refractivity contribution is 5.83. The van der Waals surface area contributed by atoms with Crippen LogP contribution in [-0.2, 0) is 0 Å². The Morgan fingerprint density at radius 1 is 1.12 bits per heavy atom. The second-order valence-corrected chi connectivity index (χ2v) is 6.39. The van der Waals surface area contributed by atoms with Gasteiger partial charge in [-0.25, -0.2) is 0 Å². The maximum absolute atomic E-state index is 8.25. The molecule has 0 radical (unpaired) electrons. The van der Waals surface area contributed by atoms with Gasteiger partial charge in [-0.05, 0) is 44.9 Å². The summed E-state index contributed by atoms with van der Waals surface area (Å²) in [5.41, 5.74) is 4.58. The van der Waals surface area contributed by atoms with E-state index in [2.05, 4.69) is 54.5 Å². The molecule has 1 fully saturated rings. The van der Waals surface area contributed by atoms with Crippen LogP contribution in [0.2, 0.25) is 0 Å². The third kappa shape index (κ3) is 4.97. The second-order valence-electron chi connectivity index (χ2n) is 6.39. The van der Waals surface area contributed by atoms with Gasteiger partial charge in [-0.3, -0.25) is 0 Å². The van der Waals surface area contributed by atoms with Gasteiger partial charge in [-0.2, -0.15) is 4.58 Å². The molecule has 2 heterocycles. The molecule has 0 atom stereocenters. The predicted octanol–water partition coefficient (Wildman–Crippen LogP) is 3.30. The standard InChI is InChI=1S/C19H27N2O.NO3/c1-4-20(5-2)16-9-10-17-15(3)13-19(22-18(17)14-16)21-11-7-6-8-12-21;2-1(3)4/h9-10,13-14H,4-8,11-12H2,1-3H3;/q+1;-1. The second kappa shape index (κ2) is 9.22. The summed E-state index contributed by atoms with van der Waals surface area (Å²) in [4.78, 5) is 10.6. The number of rotatable bonds is 3. The van der Waals surface area contributed by atoms with Crippen LogP contribution >= 0.6 is 0 Å². The topological polar surface area (TPSA) is 85.6 Å². The molecule has 1 saturated heterocycles. The van der Waals surface area contributed by atoms with E-state index in [0.29, 0.717) is 0 Å². The Morgan fingerprint density at radius 2 is 1.73 bits per heavy atom. The Balaban J connectivity index is 0.000000552. The molecule has 0 amide bonds. The number of anilines is 1. The van der Waals surface area contributed by atoms with E-state index in [1.54, 1.807) is 0 Å². The SMILES string of the molecule is CCN(CC)c1ccc2c(C)cc(=[N+]3CCCCC3)oc2c1.O=[N+]([O-])[O-]. The van der Waals surface area contributed by atoms with Crippen molar-refractivity contribution < 1.29 is 9.50 Å². The lowest BCUT2D eigenvalue weighted by Gasteiger charge is -2.21. The first-order chi connectivity index (χ1) is 12.5. The van der Waals surface area contributed by atoms with Gasteiger partial charge in [0.15, 0.2) is 0 Å². The van der Waals surface area contributed by atoms with Crippen molar-refractivity contribution in [3.8, 4) is 0 Å². The van der Waals surface area contributed by atoms with Gasteiger partial charge in [0.1, 0.15) is 18.7 Å². The summed E-state index contributed by atoms with van der Waals surface area (Å²) in [6.07, 6.45) is 3.88. The van der Waals surface area contributed by atoms with Crippen molar-refractivity contribution in [3.05, 3.63) is 50.7 Å². The highest BCUT2D eigenvalue weighted by Crippen LogP contribution is 2.23. The number of piperidine rings is 1. The van der Waals surface area contributed by atoms with E-state index in [0.717, 1.165) is 37.3 Å². The van der Waals surface area contributed by atoms with Crippen LogP contribution in [0.5, 0.6) is 0 Å². The Labute approximate surface area is 153 Å². The molecule has 0 spiro atoms. The zero-order valence-corrected chi connectivity index (χ0v) is 15.7. The largest absolute Gasteiger partial charge is 0.405 e. The molecule has 3 rings (SSSR count). The fourth-order valence-corrected chi connectivity index (χ4v) is 3.38. The molecule has 0 bridgehead atoms. The van der Waals surface area contributed by atoms with Gasteiger partial charge in [-0.1, -0.05) is 0 Å². The van der Waals surface area contributed by atoms with Gasteiger partial charge >= 0.3 is 5.55 Å². The van der Waals surface area contributed by atoms with E-state index in [1.165, 1.54) is 35.9 Å². The third-order valence-corrected chi connectivity index (χ3v) is 4.74. The van der Waals surface area contributed by atoms with Crippen molar-refractivity contribution in [3.63, 3.8) is 0 Å². The van der Waals surface area contributed by atoms with Crippen molar-refractivity contribution in [2.75, 3.05) is 31.1 Å². The zero-order chi connectivity index (χ0) is 19.1. The molecule has 0 unspecified atom stereocenters. The monoisotopic (exact) mass is 361 g/mol. The first-order valence-electron chi connectivity index (χ1n) is 9.15. The molecule has 1 aromatic heterocycles. The molecule has 7 heteroatoms. The van der Waals surface area contributed by atoms with Crippen molar-refractivity contribution >= 4 is 16.7 Å². The minimum Gasteiger partial charge on any atom is -0.405 e. The summed E-state index contributed by atoms with van der Waals surface area (Å²) in [5, 5.41) is 16.0. The van der Waals surface area contributed by atoms with E-state index < -0.39 is 5.09 Å². The van der Waals surface area contributed by atoms with Crippen LogP contribution in [0.1, 0.15) is 38.7 Å². The van der Waals surface area contributed by atoms with Gasteiger partial charge in [0.25, 0.3) is 0 Å². The van der Waals surface area contributed by atoms with E-state index in [9.17, 15) is 0 Å². The number of hydrogen-bond acceptors (Lipinski definition) is 5. The highest BCUT2D eigenvalue weighted by atomic mass is 16.9. The Kier molecular flexibility index (Phi) is 7.00. The summed E-state index contributed by atoms with van der Waals surface area (Å²) in [6.45, 7) is 10.8. The lowest BCUT2D eigenvalue weighted by atomic mass is 10.1. The van der Waals surface area contributed by atoms with Crippen molar-refractivity contribution in [2.45, 2.75) is 40.0 Å². The third-order valence-electron chi connectivity index (χ3n) is 4.74. The van der Waals surface area contributed by atoms with E-state index in [1.807, 2.05) is 0 Å². The average Bonchev–Trinajstić information content (AvgIpc) is 2.63. The van der Waals surface area contributed by atoms with Crippen LogP contribution in [0.3, 0.4) is 0 Å². The van der Waals surface area contributed by atoms with Crippen LogP contribution in [0, 0.1) is 22.2 Å². The fourth-order valence-electron chi connectivity index (χ4n) is 3.38. The summed E-state index contributed by atoms with van der Waals surface area (Å²) < 4.78 is 8.65. The maximum Gasteiger partial charge on any atom is 0.368 e. The van der Waals surface area contributed by atoms with E-state index >= 15 is 0 Å². The fraction of sp³-hybridized carbons (Fsp3) is 0.526. The quantitative estimate of drug-likeness (QED) is 0.476. The maximum atomic E-state index is 8.25. The lowest BCUT2D eigenvalue weighted by Crippen LogP contribution is -2.34. The van der Waals surface area contributed by atoms with Crippen LogP contribution in [0.15, 0.2) is 28.7 Å². The summed E-state index contributed by atoms with van der Waals surface area (Å²) in [7, 11) is 0. The number of fused-ring (bicyclic) bond motifs is 1. The van der Waals surface area contributed by atoms with Crippen LogP contribution < -0.4 is 15.0 Å². The molecule has 2 aromatic rings. The number of nitrogens with zero attached hydrogens (tertiary/aromatic N) is 3. The molecule has 1 aromatic carbocycles. The predicted molar refractivity (Wildman–Crippen MR) is 104 cm³/mol. The van der Waals surface area contributed by atoms with Crippen LogP contribution in [0.4, 0.5) is 5.69 Å². The van der Waals surface area contributed by atoms with Crippen molar-refractivity contribution in [2.24, 2.45) is 0 Å². The van der Waals surface area contributed by atoms with E-state index in [-0.39, 0.29) is 0 Å². The Hall–Kier alpha value is -2.57. The molecule has 7 nitrogen and oxygen atoms in total. The average molecular weight is 361 g/mol. The molecular weight excluding hydrogens is 334 g/mol. The van der Waals surface area contributed by atoms with Gasteiger partial charge in [0.2, 0.25) is 0 Å². The zero-order valence-electron chi connectivity index (χ0n) is 15.7. The van der Waals surface area contributed by atoms with Crippen molar-refractivity contribution in [1.29, 1.82) is 0 Å². The number of benzene rings is 1. The molecule has 0 aliphatic carbocycles. The normalized spacial score (nSPS) is 13.9. The minimum absolute atomic E-state index is 1.00. The molecule has 1 aliphatic heterocycles. The van der Waals surface area contributed by atoms with Crippen LogP contribution in [-0.4, -0.2) is 31.3 Å². The Bertz CT molecular complexity index is 813. The minimum atomic E-state index is -1.75. The first kappa shape index (κ1) is 19.8. The molecule has 1 aliphatic rings. The molecular formula is C19H27N3O4.